The van der Waals surface area contributed by atoms with E-state index in [1.54, 1.807) is 7.05 Å². The summed E-state index contributed by atoms with van der Waals surface area (Å²) >= 11 is 0. The Morgan fingerprint density at radius 1 is 1.27 bits per heavy atom. The van der Waals surface area contributed by atoms with Crippen molar-refractivity contribution < 1.29 is 9.59 Å². The summed E-state index contributed by atoms with van der Waals surface area (Å²) < 4.78 is 0. The van der Waals surface area contributed by atoms with Gasteiger partial charge in [-0.2, -0.15) is 0 Å². The molecule has 1 atom stereocenters. The molecule has 1 unspecified atom stereocenters. The third kappa shape index (κ3) is 6.09. The van der Waals surface area contributed by atoms with E-state index < -0.39 is 0 Å². The predicted molar refractivity (Wildman–Crippen MR) is 85.1 cm³/mol. The van der Waals surface area contributed by atoms with E-state index in [0.29, 0.717) is 5.92 Å². The maximum absolute atomic E-state index is 12.7. The van der Waals surface area contributed by atoms with Crippen LogP contribution in [0.2, 0.25) is 0 Å². The van der Waals surface area contributed by atoms with Crippen LogP contribution < -0.4 is 10.6 Å². The summed E-state index contributed by atoms with van der Waals surface area (Å²) in [6.07, 6.45) is 6.65. The fraction of sp³-hybridized carbons (Fsp3) is 0.867. The Balaban J connectivity index is 2.60. The first kappa shape index (κ1) is 18.5. The molecule has 0 radical (unpaired) electrons. The van der Waals surface area contributed by atoms with Crippen LogP contribution in [-0.2, 0) is 9.59 Å². The standard InChI is InChI=1S/C15H28N4O3/c1-3-9-16-14(12-7-5-4-6-8-12)15(21)19(2)10-13(20)17-11-18-22/h12,14,16H,3-11H2,1-2H3,(H,17,20). The zero-order valence-electron chi connectivity index (χ0n) is 13.6. The van der Waals surface area contributed by atoms with Gasteiger partial charge in [0.2, 0.25) is 11.8 Å². The van der Waals surface area contributed by atoms with E-state index in [1.807, 2.05) is 0 Å². The molecule has 1 fully saturated rings. The number of likely N-dealkylation sites (N-methyl/N-ethyl adjacent to an activating group) is 1. The lowest BCUT2D eigenvalue weighted by atomic mass is 9.83. The molecule has 126 valence electrons. The Hall–Kier alpha value is -1.50. The van der Waals surface area contributed by atoms with E-state index in [4.69, 9.17) is 0 Å². The maximum atomic E-state index is 12.7. The Kier molecular flexibility index (Phi) is 8.65. The highest BCUT2D eigenvalue weighted by Crippen LogP contribution is 2.27. The molecule has 1 saturated carbocycles. The van der Waals surface area contributed by atoms with Crippen LogP contribution in [0.1, 0.15) is 45.4 Å². The third-order valence-corrected chi connectivity index (χ3v) is 4.10. The molecule has 2 amide bonds. The molecular formula is C15H28N4O3. The number of nitrogens with one attached hydrogen (secondary N) is 2. The molecule has 0 saturated heterocycles. The van der Waals surface area contributed by atoms with E-state index in [9.17, 15) is 14.5 Å². The highest BCUT2D eigenvalue weighted by molar-refractivity contribution is 5.87. The van der Waals surface area contributed by atoms with Crippen LogP contribution in [0.4, 0.5) is 0 Å². The van der Waals surface area contributed by atoms with Crippen LogP contribution in [-0.4, -0.2) is 49.6 Å². The zero-order chi connectivity index (χ0) is 16.4. The smallest absolute Gasteiger partial charge is 0.241 e. The largest absolute Gasteiger partial charge is 0.335 e. The molecule has 0 aromatic heterocycles. The number of amides is 2. The average Bonchev–Trinajstić information content (AvgIpc) is 2.54. The van der Waals surface area contributed by atoms with Gasteiger partial charge in [-0.15, -0.1) is 4.91 Å². The van der Waals surface area contributed by atoms with Gasteiger partial charge in [-0.25, -0.2) is 0 Å². The number of nitroso groups, excluding NO2 is 1. The predicted octanol–water partition coefficient (Wildman–Crippen LogP) is 1.23. The van der Waals surface area contributed by atoms with Crippen LogP contribution >= 0.6 is 0 Å². The monoisotopic (exact) mass is 312 g/mol. The molecule has 0 bridgehead atoms. The van der Waals surface area contributed by atoms with Crippen molar-refractivity contribution in [2.45, 2.75) is 51.5 Å². The second-order valence-corrected chi connectivity index (χ2v) is 5.91. The van der Waals surface area contributed by atoms with Gasteiger partial charge in [-0.1, -0.05) is 26.2 Å². The average molecular weight is 312 g/mol. The van der Waals surface area contributed by atoms with Crippen molar-refractivity contribution in [3.63, 3.8) is 0 Å². The molecule has 7 heteroatoms. The van der Waals surface area contributed by atoms with Crippen LogP contribution in [0.5, 0.6) is 0 Å². The van der Waals surface area contributed by atoms with Gasteiger partial charge in [0, 0.05) is 7.05 Å². The van der Waals surface area contributed by atoms with Gasteiger partial charge in [0.15, 0.2) is 6.67 Å². The summed E-state index contributed by atoms with van der Waals surface area (Å²) in [4.78, 5) is 35.7. The third-order valence-electron chi connectivity index (χ3n) is 4.10. The molecule has 1 rings (SSSR count). The highest BCUT2D eigenvalue weighted by Gasteiger charge is 2.31. The topological polar surface area (TPSA) is 90.9 Å². The SMILES string of the molecule is CCCNC(C(=O)N(C)CC(=O)NCN=O)C1CCCCC1. The number of nitrogens with zero attached hydrogens (tertiary/aromatic N) is 2. The van der Waals surface area contributed by atoms with Crippen molar-refractivity contribution in [1.29, 1.82) is 0 Å². The summed E-state index contributed by atoms with van der Waals surface area (Å²) in [5.74, 6) is -0.0714. The fourth-order valence-electron chi connectivity index (χ4n) is 2.93. The molecule has 1 aliphatic rings. The normalized spacial score (nSPS) is 16.8. The van der Waals surface area contributed by atoms with Crippen molar-refractivity contribution in [3.05, 3.63) is 4.91 Å². The number of hydrogen-bond donors (Lipinski definition) is 2. The van der Waals surface area contributed by atoms with E-state index >= 15 is 0 Å². The van der Waals surface area contributed by atoms with Gasteiger partial charge in [-0.3, -0.25) is 9.59 Å². The summed E-state index contributed by atoms with van der Waals surface area (Å²) in [6.45, 7) is 2.55. The van der Waals surface area contributed by atoms with Gasteiger partial charge in [0.25, 0.3) is 0 Å². The summed E-state index contributed by atoms with van der Waals surface area (Å²) in [5, 5.41) is 8.27. The van der Waals surface area contributed by atoms with Gasteiger partial charge < -0.3 is 15.5 Å². The summed E-state index contributed by atoms with van der Waals surface area (Å²) in [5.41, 5.74) is 0. The zero-order valence-corrected chi connectivity index (χ0v) is 13.6. The minimum absolute atomic E-state index is 0.0467. The van der Waals surface area contributed by atoms with Crippen LogP contribution in [0.3, 0.4) is 0 Å². The molecule has 22 heavy (non-hydrogen) atoms. The molecule has 0 aromatic carbocycles. The van der Waals surface area contributed by atoms with E-state index in [1.165, 1.54) is 11.3 Å². The van der Waals surface area contributed by atoms with Gasteiger partial charge in [0.05, 0.1) is 12.6 Å². The molecule has 0 aliphatic heterocycles. The quantitative estimate of drug-likeness (QED) is 0.627. The van der Waals surface area contributed by atoms with E-state index in [0.717, 1.165) is 38.6 Å². The van der Waals surface area contributed by atoms with Crippen LogP contribution in [0, 0.1) is 10.8 Å². The lowest BCUT2D eigenvalue weighted by Crippen LogP contribution is -2.51. The van der Waals surface area contributed by atoms with Gasteiger partial charge in [-0.05, 0) is 36.9 Å². The number of hydrogen-bond acceptors (Lipinski definition) is 5. The van der Waals surface area contributed by atoms with Crippen molar-refractivity contribution in [3.8, 4) is 0 Å². The summed E-state index contributed by atoms with van der Waals surface area (Å²) in [7, 11) is 1.62. The minimum Gasteiger partial charge on any atom is -0.335 e. The maximum Gasteiger partial charge on any atom is 0.241 e. The first-order valence-corrected chi connectivity index (χ1v) is 8.14. The number of carbonyl (C=O) groups excluding carboxylic acids is 2. The second kappa shape index (κ2) is 10.3. The van der Waals surface area contributed by atoms with Gasteiger partial charge in [0.1, 0.15) is 0 Å². The first-order chi connectivity index (χ1) is 10.6. The van der Waals surface area contributed by atoms with Gasteiger partial charge >= 0.3 is 0 Å². The highest BCUT2D eigenvalue weighted by atomic mass is 16.3. The molecule has 7 nitrogen and oxygen atoms in total. The molecular weight excluding hydrogens is 284 g/mol. The fourth-order valence-corrected chi connectivity index (χ4v) is 2.93. The first-order valence-electron chi connectivity index (χ1n) is 8.14. The van der Waals surface area contributed by atoms with Crippen molar-refractivity contribution in [2.75, 3.05) is 26.8 Å². The van der Waals surface area contributed by atoms with Crippen molar-refractivity contribution >= 4 is 11.8 Å². The molecule has 0 aromatic rings. The lowest BCUT2D eigenvalue weighted by molar-refractivity contribution is -0.137. The lowest BCUT2D eigenvalue weighted by Gasteiger charge is -2.32. The van der Waals surface area contributed by atoms with Crippen LogP contribution in [0.15, 0.2) is 5.18 Å². The van der Waals surface area contributed by atoms with Crippen molar-refractivity contribution in [1.82, 2.24) is 15.5 Å². The number of rotatable bonds is 9. The molecule has 0 spiro atoms. The van der Waals surface area contributed by atoms with Crippen molar-refractivity contribution in [2.24, 2.45) is 11.1 Å². The van der Waals surface area contributed by atoms with E-state index in [-0.39, 0.29) is 31.1 Å². The number of carbonyl (C=O) groups is 2. The Morgan fingerprint density at radius 2 is 1.95 bits per heavy atom. The Morgan fingerprint density at radius 3 is 2.55 bits per heavy atom. The summed E-state index contributed by atoms with van der Waals surface area (Å²) in [6, 6.07) is -0.220. The molecule has 0 heterocycles. The minimum atomic E-state index is -0.367. The van der Waals surface area contributed by atoms with E-state index in [2.05, 4.69) is 22.7 Å². The Labute approximate surface area is 132 Å². The second-order valence-electron chi connectivity index (χ2n) is 5.91. The molecule has 1 aliphatic carbocycles. The Bertz CT molecular complexity index is 370. The molecule has 2 N–H and O–H groups in total. The van der Waals surface area contributed by atoms with Crippen LogP contribution in [0.25, 0.3) is 0 Å².